The van der Waals surface area contributed by atoms with Crippen molar-refractivity contribution in [1.29, 1.82) is 0 Å². The number of benzene rings is 1. The molecule has 2 N–H and O–H groups in total. The van der Waals surface area contributed by atoms with Crippen LogP contribution < -0.4 is 5.32 Å². The maximum absolute atomic E-state index is 13.1. The van der Waals surface area contributed by atoms with Crippen molar-refractivity contribution in [3.8, 4) is 0 Å². The van der Waals surface area contributed by atoms with Crippen molar-refractivity contribution in [3.05, 3.63) is 51.8 Å². The third-order valence-corrected chi connectivity index (χ3v) is 5.79. The Bertz CT molecular complexity index is 975. The number of ether oxygens (including phenoxy) is 2. The minimum Gasteiger partial charge on any atom is -0.381 e. The zero-order valence-electron chi connectivity index (χ0n) is 19.6. The summed E-state index contributed by atoms with van der Waals surface area (Å²) in [5.74, 6) is -0.133. The number of hydrogen-bond acceptors (Lipinski definition) is 5. The van der Waals surface area contributed by atoms with Crippen LogP contribution in [0.1, 0.15) is 70.9 Å². The number of carbonyl (C=O) groups excluding carboxylic acids is 1. The number of fused-ring (bicyclic) bond motifs is 1. The van der Waals surface area contributed by atoms with Gasteiger partial charge in [-0.05, 0) is 50.7 Å². The molecule has 0 saturated carbocycles. The summed E-state index contributed by atoms with van der Waals surface area (Å²) in [7, 11) is 0. The Morgan fingerprint density at radius 2 is 2.06 bits per heavy atom. The van der Waals surface area contributed by atoms with Crippen molar-refractivity contribution in [1.82, 2.24) is 15.1 Å². The van der Waals surface area contributed by atoms with E-state index in [9.17, 15) is 23.1 Å². The van der Waals surface area contributed by atoms with Crippen molar-refractivity contribution >= 4 is 5.91 Å². The molecule has 0 spiro atoms. The number of alkyl halides is 3. The molecular formula is C24H32F3N3O4. The maximum Gasteiger partial charge on any atom is 0.416 e. The number of amides is 1. The van der Waals surface area contributed by atoms with Gasteiger partial charge in [0.15, 0.2) is 6.29 Å². The Balaban J connectivity index is 1.65. The highest BCUT2D eigenvalue weighted by Crippen LogP contribution is 2.33. The minimum absolute atomic E-state index is 0.0513. The van der Waals surface area contributed by atoms with Crippen molar-refractivity contribution in [2.45, 2.75) is 65.0 Å². The van der Waals surface area contributed by atoms with E-state index in [1.165, 1.54) is 19.1 Å². The second-order valence-corrected chi connectivity index (χ2v) is 8.32. The number of nitrogens with zero attached hydrogens (tertiary/aromatic N) is 2. The Labute approximate surface area is 197 Å². The summed E-state index contributed by atoms with van der Waals surface area (Å²) < 4.78 is 52.2. The fourth-order valence-electron chi connectivity index (χ4n) is 4.01. The Hall–Kier alpha value is -2.43. The second kappa shape index (κ2) is 11.8. The number of hydrogen-bond donors (Lipinski definition) is 2. The van der Waals surface area contributed by atoms with E-state index in [2.05, 4.69) is 10.4 Å². The monoisotopic (exact) mass is 483 g/mol. The van der Waals surface area contributed by atoms with Crippen LogP contribution in [0.4, 0.5) is 13.2 Å². The molecular weight excluding hydrogens is 451 g/mol. The third-order valence-electron chi connectivity index (χ3n) is 5.79. The number of aryl methyl sites for hydroxylation is 3. The number of carbonyl (C=O) groups is 1. The molecule has 3 rings (SSSR count). The predicted octanol–water partition coefficient (Wildman–Crippen LogP) is 3.95. The van der Waals surface area contributed by atoms with E-state index >= 15 is 0 Å². The van der Waals surface area contributed by atoms with Crippen LogP contribution in [-0.4, -0.2) is 47.2 Å². The van der Waals surface area contributed by atoms with E-state index in [0.717, 1.165) is 30.3 Å². The molecule has 1 atom stereocenters. The van der Waals surface area contributed by atoms with Crippen LogP contribution in [0.25, 0.3) is 0 Å². The smallest absolute Gasteiger partial charge is 0.381 e. The molecule has 0 bridgehead atoms. The number of nitrogens with one attached hydrogen (secondary N) is 1. The van der Waals surface area contributed by atoms with Crippen LogP contribution in [0.5, 0.6) is 0 Å². The molecule has 0 radical (unpaired) electrons. The number of halogens is 3. The molecule has 0 aliphatic carbocycles. The number of aliphatic hydroxyl groups is 1. The topological polar surface area (TPSA) is 85.6 Å². The molecule has 10 heteroatoms. The maximum atomic E-state index is 13.1. The summed E-state index contributed by atoms with van der Waals surface area (Å²) in [5.41, 5.74) is 1.53. The Morgan fingerprint density at radius 3 is 2.79 bits per heavy atom. The van der Waals surface area contributed by atoms with Gasteiger partial charge < -0.3 is 19.9 Å². The first-order valence-electron chi connectivity index (χ1n) is 11.6. The van der Waals surface area contributed by atoms with E-state index in [1.807, 2.05) is 6.92 Å². The first-order valence-corrected chi connectivity index (χ1v) is 11.6. The average molecular weight is 484 g/mol. The Kier molecular flexibility index (Phi) is 9.10. The molecule has 2 heterocycles. The number of aromatic nitrogens is 2. The van der Waals surface area contributed by atoms with Crippen LogP contribution in [0.3, 0.4) is 0 Å². The van der Waals surface area contributed by atoms with Crippen molar-refractivity contribution < 1.29 is 32.5 Å². The number of rotatable bonds is 7. The molecule has 7 nitrogen and oxygen atoms in total. The fourth-order valence-corrected chi connectivity index (χ4v) is 4.01. The van der Waals surface area contributed by atoms with Crippen molar-refractivity contribution in [2.75, 3.05) is 26.4 Å². The third kappa shape index (κ3) is 6.58. The summed E-state index contributed by atoms with van der Waals surface area (Å²) >= 11 is 0. The van der Waals surface area contributed by atoms with Gasteiger partial charge in [0.25, 0.3) is 5.91 Å². The lowest BCUT2D eigenvalue weighted by Gasteiger charge is -2.16. The van der Waals surface area contributed by atoms with Gasteiger partial charge in [-0.3, -0.25) is 9.48 Å². The van der Waals surface area contributed by atoms with Crippen molar-refractivity contribution in [2.24, 2.45) is 0 Å². The number of aliphatic hydroxyl groups excluding tert-OH is 1. The lowest BCUT2D eigenvalue weighted by Crippen LogP contribution is -2.26. The van der Waals surface area contributed by atoms with Gasteiger partial charge in [-0.1, -0.05) is 19.1 Å². The molecule has 1 aromatic carbocycles. The van der Waals surface area contributed by atoms with Gasteiger partial charge in [0, 0.05) is 31.9 Å². The van der Waals surface area contributed by atoms with Crippen LogP contribution in [0, 0.1) is 6.92 Å². The van der Waals surface area contributed by atoms with Gasteiger partial charge in [0.1, 0.15) is 0 Å². The van der Waals surface area contributed by atoms with Crippen LogP contribution in [-0.2, 0) is 35.0 Å². The fraction of sp³-hybridized carbons (Fsp3) is 0.583. The molecule has 0 saturated heterocycles. The van der Waals surface area contributed by atoms with Crippen molar-refractivity contribution in [3.63, 3.8) is 0 Å². The van der Waals surface area contributed by atoms with Crippen LogP contribution in [0.15, 0.2) is 18.2 Å². The second-order valence-electron chi connectivity index (χ2n) is 8.32. The lowest BCUT2D eigenvalue weighted by atomic mass is 10.0. The molecule has 1 aliphatic rings. The minimum atomic E-state index is -4.50. The first kappa shape index (κ1) is 26.2. The average Bonchev–Trinajstić information content (AvgIpc) is 3.13. The van der Waals surface area contributed by atoms with Gasteiger partial charge in [-0.2, -0.15) is 18.3 Å². The van der Waals surface area contributed by atoms with E-state index < -0.39 is 18.0 Å². The molecule has 0 fully saturated rings. The standard InChI is InChI=1S/C24H32F3N3O4/c1-3-19-21-20(7-4-12-33-13-5-10-28-22(21)31)30(29-19)11-6-14-34-23(32)17-9-8-16(2)18(15-17)24(25,26)27/h8-9,15,23,32H,3-7,10-14H2,1-2H3,(H,28,31). The molecule has 1 amide bonds. The zero-order chi connectivity index (χ0) is 24.7. The SMILES string of the molecule is CCc1nn(CCCOC(O)c2ccc(C)c(C(F)(F)F)c2)c2c1C(=O)NCCCOCCC2. The van der Waals surface area contributed by atoms with E-state index in [1.54, 1.807) is 4.68 Å². The first-order chi connectivity index (χ1) is 16.2. The highest BCUT2D eigenvalue weighted by Gasteiger charge is 2.33. The van der Waals surface area contributed by atoms with Gasteiger partial charge in [0.2, 0.25) is 0 Å². The van der Waals surface area contributed by atoms with E-state index in [-0.39, 0.29) is 23.6 Å². The largest absolute Gasteiger partial charge is 0.416 e. The predicted molar refractivity (Wildman–Crippen MR) is 119 cm³/mol. The summed E-state index contributed by atoms with van der Waals surface area (Å²) in [6.07, 6.45) is -2.73. The summed E-state index contributed by atoms with van der Waals surface area (Å²) in [5, 5.41) is 17.8. The summed E-state index contributed by atoms with van der Waals surface area (Å²) in [6.45, 7) is 5.63. The lowest BCUT2D eigenvalue weighted by molar-refractivity contribution is -0.138. The Morgan fingerprint density at radius 1 is 1.29 bits per heavy atom. The van der Waals surface area contributed by atoms with Gasteiger partial charge in [0.05, 0.1) is 29.1 Å². The zero-order valence-corrected chi connectivity index (χ0v) is 19.6. The highest BCUT2D eigenvalue weighted by atomic mass is 19.4. The normalized spacial score (nSPS) is 16.5. The van der Waals surface area contributed by atoms with E-state index in [4.69, 9.17) is 9.47 Å². The molecule has 34 heavy (non-hydrogen) atoms. The molecule has 1 aromatic heterocycles. The van der Waals surface area contributed by atoms with Gasteiger partial charge in [-0.25, -0.2) is 0 Å². The molecule has 1 aliphatic heterocycles. The van der Waals surface area contributed by atoms with Gasteiger partial charge in [-0.15, -0.1) is 0 Å². The highest BCUT2D eigenvalue weighted by molar-refractivity contribution is 5.96. The van der Waals surface area contributed by atoms with E-state index in [0.29, 0.717) is 51.1 Å². The van der Waals surface area contributed by atoms with Crippen LogP contribution in [0.2, 0.25) is 0 Å². The summed E-state index contributed by atoms with van der Waals surface area (Å²) in [4.78, 5) is 12.8. The molecule has 1 unspecified atom stereocenters. The molecule has 188 valence electrons. The summed E-state index contributed by atoms with van der Waals surface area (Å²) in [6, 6.07) is 3.66. The molecule has 2 aromatic rings. The quantitative estimate of drug-likeness (QED) is 0.460. The van der Waals surface area contributed by atoms with Crippen LogP contribution >= 0.6 is 0 Å². The van der Waals surface area contributed by atoms with Gasteiger partial charge >= 0.3 is 6.18 Å².